The summed E-state index contributed by atoms with van der Waals surface area (Å²) in [6, 6.07) is 8.98. The highest BCUT2D eigenvalue weighted by Gasteiger charge is 2.22. The second-order valence-electron chi connectivity index (χ2n) is 5.48. The van der Waals surface area contributed by atoms with Gasteiger partial charge in [0.05, 0.1) is 4.90 Å². The molecule has 0 fully saturated rings. The molecule has 0 atom stereocenters. The van der Waals surface area contributed by atoms with Crippen LogP contribution in [0, 0.1) is 0 Å². The largest absolute Gasteiger partial charge is 0.324 e. The number of amides is 1. The maximum absolute atomic E-state index is 12.6. The Hall–Kier alpha value is -2.16. The van der Waals surface area contributed by atoms with Crippen LogP contribution in [0.3, 0.4) is 0 Å². The minimum absolute atomic E-state index is 0.0312. The molecule has 0 aliphatic heterocycles. The van der Waals surface area contributed by atoms with Crippen molar-refractivity contribution in [2.75, 3.05) is 18.4 Å². The van der Waals surface area contributed by atoms with Crippen molar-refractivity contribution in [2.45, 2.75) is 25.3 Å². The Morgan fingerprint density at radius 1 is 1.19 bits per heavy atom. The molecule has 0 radical (unpaired) electrons. The first-order valence-electron chi connectivity index (χ1n) is 8.04. The first-order chi connectivity index (χ1) is 12.3. The van der Waals surface area contributed by atoms with Crippen LogP contribution >= 0.6 is 11.6 Å². The average Bonchev–Trinajstić information content (AvgIpc) is 2.57. The van der Waals surface area contributed by atoms with Crippen molar-refractivity contribution >= 4 is 33.2 Å². The predicted octanol–water partition coefficient (Wildman–Crippen LogP) is 2.17. The highest BCUT2D eigenvalue weighted by Crippen LogP contribution is 2.15. The van der Waals surface area contributed by atoms with Gasteiger partial charge < -0.3 is 9.88 Å². The highest BCUT2D eigenvalue weighted by molar-refractivity contribution is 7.89. The molecule has 0 unspecified atom stereocenters. The summed E-state index contributed by atoms with van der Waals surface area (Å²) in [5.41, 5.74) is 0.0206. The van der Waals surface area contributed by atoms with Crippen LogP contribution in [0.5, 0.6) is 0 Å². The molecule has 1 amide bonds. The maximum Gasteiger partial charge on any atom is 0.251 e. The molecule has 9 heteroatoms. The summed E-state index contributed by atoms with van der Waals surface area (Å²) in [4.78, 5) is 24.2. The van der Waals surface area contributed by atoms with Gasteiger partial charge >= 0.3 is 0 Å². The molecule has 0 spiro atoms. The van der Waals surface area contributed by atoms with E-state index in [1.165, 1.54) is 16.6 Å². The number of sulfonamides is 1. The fraction of sp³-hybridized carbons (Fsp3) is 0.294. The number of halogens is 1. The Labute approximate surface area is 157 Å². The van der Waals surface area contributed by atoms with Crippen molar-refractivity contribution in [3.8, 4) is 0 Å². The minimum atomic E-state index is -3.72. The van der Waals surface area contributed by atoms with Gasteiger partial charge in [0.25, 0.3) is 5.56 Å². The van der Waals surface area contributed by atoms with Gasteiger partial charge in [0.15, 0.2) is 0 Å². The van der Waals surface area contributed by atoms with E-state index in [1.807, 2.05) is 0 Å². The molecule has 2 aromatic rings. The Kier molecular flexibility index (Phi) is 6.57. The van der Waals surface area contributed by atoms with Gasteiger partial charge in [0, 0.05) is 36.1 Å². The van der Waals surface area contributed by atoms with Crippen molar-refractivity contribution in [3.05, 3.63) is 58.0 Å². The van der Waals surface area contributed by atoms with Gasteiger partial charge in [0.1, 0.15) is 6.54 Å². The number of nitrogens with zero attached hydrogens (tertiary/aromatic N) is 2. The van der Waals surface area contributed by atoms with Gasteiger partial charge in [-0.2, -0.15) is 4.31 Å². The average molecular weight is 398 g/mol. The fourth-order valence-corrected chi connectivity index (χ4v) is 4.09. The van der Waals surface area contributed by atoms with Crippen LogP contribution in [0.2, 0.25) is 5.02 Å². The number of carbonyl (C=O) groups is 1. The van der Waals surface area contributed by atoms with Crippen molar-refractivity contribution in [1.29, 1.82) is 0 Å². The zero-order valence-corrected chi connectivity index (χ0v) is 16.0. The molecule has 2 rings (SSSR count). The number of hydrogen-bond donors (Lipinski definition) is 1. The normalized spacial score (nSPS) is 11.5. The SMILES string of the molecule is CCN(CC)S(=O)(=O)c1ccc(=O)n(CC(=O)Nc2cccc(Cl)c2)c1. The smallest absolute Gasteiger partial charge is 0.251 e. The van der Waals surface area contributed by atoms with Gasteiger partial charge in [-0.1, -0.05) is 31.5 Å². The van der Waals surface area contributed by atoms with E-state index >= 15 is 0 Å². The van der Waals surface area contributed by atoms with Crippen molar-refractivity contribution in [3.63, 3.8) is 0 Å². The molecule has 140 valence electrons. The summed E-state index contributed by atoms with van der Waals surface area (Å²) in [7, 11) is -3.72. The molecule has 7 nitrogen and oxygen atoms in total. The van der Waals surface area contributed by atoms with Crippen molar-refractivity contribution < 1.29 is 13.2 Å². The predicted molar refractivity (Wildman–Crippen MR) is 101 cm³/mol. The number of pyridine rings is 1. The molecule has 0 saturated carbocycles. The third-order valence-electron chi connectivity index (χ3n) is 3.72. The summed E-state index contributed by atoms with van der Waals surface area (Å²) >= 11 is 5.86. The number of hydrogen-bond acceptors (Lipinski definition) is 4. The van der Waals surface area contributed by atoms with Gasteiger partial charge in [0.2, 0.25) is 15.9 Å². The third-order valence-corrected chi connectivity index (χ3v) is 5.99. The fourth-order valence-electron chi connectivity index (χ4n) is 2.42. The van der Waals surface area contributed by atoms with E-state index in [9.17, 15) is 18.0 Å². The van der Waals surface area contributed by atoms with Crippen LogP contribution < -0.4 is 10.9 Å². The Morgan fingerprint density at radius 3 is 2.50 bits per heavy atom. The number of carbonyl (C=O) groups excluding carboxylic acids is 1. The van der Waals surface area contributed by atoms with E-state index < -0.39 is 21.5 Å². The lowest BCUT2D eigenvalue weighted by atomic mass is 10.3. The summed E-state index contributed by atoms with van der Waals surface area (Å²) in [5.74, 6) is -0.466. The van der Waals surface area contributed by atoms with E-state index in [4.69, 9.17) is 11.6 Å². The van der Waals surface area contributed by atoms with E-state index in [0.29, 0.717) is 23.8 Å². The molecule has 1 aromatic heterocycles. The van der Waals surface area contributed by atoms with Gasteiger partial charge in [-0.15, -0.1) is 0 Å². The molecule has 0 aliphatic rings. The molecule has 26 heavy (non-hydrogen) atoms. The van der Waals surface area contributed by atoms with E-state index in [1.54, 1.807) is 38.1 Å². The van der Waals surface area contributed by atoms with Crippen LogP contribution in [0.4, 0.5) is 5.69 Å². The molecule has 1 N–H and O–H groups in total. The number of nitrogens with one attached hydrogen (secondary N) is 1. The summed E-state index contributed by atoms with van der Waals surface area (Å²) in [5, 5.41) is 3.08. The van der Waals surface area contributed by atoms with Crippen LogP contribution in [0.15, 0.2) is 52.3 Å². The first-order valence-corrected chi connectivity index (χ1v) is 9.85. The molecule has 0 saturated heterocycles. The van der Waals surface area contributed by atoms with Gasteiger partial charge in [-0.3, -0.25) is 9.59 Å². The molecule has 0 bridgehead atoms. The molecule has 0 aliphatic carbocycles. The third kappa shape index (κ3) is 4.72. The van der Waals surface area contributed by atoms with Crippen LogP contribution in [-0.2, 0) is 21.4 Å². The highest BCUT2D eigenvalue weighted by atomic mass is 35.5. The number of aromatic nitrogens is 1. The maximum atomic E-state index is 12.6. The van der Waals surface area contributed by atoms with Crippen LogP contribution in [-0.4, -0.2) is 36.3 Å². The summed E-state index contributed by atoms with van der Waals surface area (Å²) in [6.07, 6.45) is 1.19. The lowest BCUT2D eigenvalue weighted by Crippen LogP contribution is -2.33. The van der Waals surface area contributed by atoms with Gasteiger partial charge in [-0.25, -0.2) is 8.42 Å². The Bertz CT molecular complexity index is 952. The zero-order valence-electron chi connectivity index (χ0n) is 14.5. The quantitative estimate of drug-likeness (QED) is 0.775. The monoisotopic (exact) mass is 397 g/mol. The van der Waals surface area contributed by atoms with E-state index in [-0.39, 0.29) is 11.4 Å². The molecular formula is C17H20ClN3O4S. The van der Waals surface area contributed by atoms with Crippen LogP contribution in [0.25, 0.3) is 0 Å². The lowest BCUT2D eigenvalue weighted by Gasteiger charge is -2.19. The second-order valence-corrected chi connectivity index (χ2v) is 7.85. The van der Waals surface area contributed by atoms with Gasteiger partial charge in [-0.05, 0) is 24.3 Å². The second kappa shape index (κ2) is 8.48. The van der Waals surface area contributed by atoms with Crippen molar-refractivity contribution in [1.82, 2.24) is 8.87 Å². The number of benzene rings is 1. The Morgan fingerprint density at radius 2 is 1.88 bits per heavy atom. The molecule has 1 heterocycles. The number of rotatable bonds is 7. The van der Waals surface area contributed by atoms with E-state index in [2.05, 4.69) is 5.32 Å². The van der Waals surface area contributed by atoms with E-state index in [0.717, 1.165) is 10.6 Å². The van der Waals surface area contributed by atoms with Crippen LogP contribution in [0.1, 0.15) is 13.8 Å². The number of anilines is 1. The Balaban J connectivity index is 2.25. The minimum Gasteiger partial charge on any atom is -0.324 e. The zero-order chi connectivity index (χ0) is 19.3. The standard InChI is InChI=1S/C17H20ClN3O4S/c1-3-21(4-2)26(24,25)15-8-9-17(23)20(11-15)12-16(22)19-14-7-5-6-13(18)10-14/h5-11H,3-4,12H2,1-2H3,(H,19,22). The lowest BCUT2D eigenvalue weighted by molar-refractivity contribution is -0.116. The summed E-state index contributed by atoms with van der Waals surface area (Å²) < 4.78 is 27.5. The summed E-state index contributed by atoms with van der Waals surface area (Å²) in [6.45, 7) is 3.78. The molecular weight excluding hydrogens is 378 g/mol. The van der Waals surface area contributed by atoms with Crippen molar-refractivity contribution in [2.24, 2.45) is 0 Å². The molecule has 1 aromatic carbocycles. The first kappa shape index (κ1) is 20.2. The topological polar surface area (TPSA) is 88.5 Å².